The van der Waals surface area contributed by atoms with Crippen LogP contribution in [0.3, 0.4) is 0 Å². The summed E-state index contributed by atoms with van der Waals surface area (Å²) in [5, 5.41) is 15.7. The maximum absolute atomic E-state index is 11.8. The summed E-state index contributed by atoms with van der Waals surface area (Å²) in [5.74, 6) is -2.45. The SMILES string of the molecule is CC(Cn1cccn1)NC(=O)C(C)C(C)C(=O)O. The van der Waals surface area contributed by atoms with Crippen molar-refractivity contribution >= 4 is 11.9 Å². The van der Waals surface area contributed by atoms with Gasteiger partial charge in [-0.1, -0.05) is 13.8 Å². The second-order valence-corrected chi connectivity index (χ2v) is 4.55. The topological polar surface area (TPSA) is 84.2 Å². The molecule has 1 rings (SSSR count). The number of aliphatic carboxylic acids is 1. The Kier molecular flexibility index (Phi) is 4.88. The maximum atomic E-state index is 11.8. The van der Waals surface area contributed by atoms with Crippen LogP contribution in [0.25, 0.3) is 0 Å². The first-order valence-corrected chi connectivity index (χ1v) is 5.92. The summed E-state index contributed by atoms with van der Waals surface area (Å²) in [6.07, 6.45) is 3.48. The van der Waals surface area contributed by atoms with Crippen LogP contribution >= 0.6 is 0 Å². The van der Waals surface area contributed by atoms with Gasteiger partial charge in [0, 0.05) is 24.4 Å². The summed E-state index contributed by atoms with van der Waals surface area (Å²) in [4.78, 5) is 22.6. The first kappa shape index (κ1) is 14.2. The zero-order valence-electron chi connectivity index (χ0n) is 10.8. The Labute approximate surface area is 106 Å². The minimum atomic E-state index is -0.961. The molecule has 0 fully saturated rings. The lowest BCUT2D eigenvalue weighted by Crippen LogP contribution is -2.41. The third kappa shape index (κ3) is 3.87. The quantitative estimate of drug-likeness (QED) is 0.783. The molecular weight excluding hydrogens is 234 g/mol. The Morgan fingerprint density at radius 3 is 2.50 bits per heavy atom. The van der Waals surface area contributed by atoms with Gasteiger partial charge in [0.25, 0.3) is 0 Å². The number of carbonyl (C=O) groups is 2. The summed E-state index contributed by atoms with van der Waals surface area (Å²) >= 11 is 0. The van der Waals surface area contributed by atoms with Gasteiger partial charge in [0.15, 0.2) is 0 Å². The molecule has 0 saturated carbocycles. The van der Waals surface area contributed by atoms with Crippen LogP contribution in [0, 0.1) is 11.8 Å². The Balaban J connectivity index is 2.46. The van der Waals surface area contributed by atoms with Crippen molar-refractivity contribution in [1.82, 2.24) is 15.1 Å². The molecule has 0 aliphatic rings. The van der Waals surface area contributed by atoms with Crippen molar-refractivity contribution in [3.8, 4) is 0 Å². The van der Waals surface area contributed by atoms with E-state index in [2.05, 4.69) is 10.4 Å². The third-order valence-electron chi connectivity index (χ3n) is 2.96. The molecule has 6 heteroatoms. The first-order chi connectivity index (χ1) is 8.41. The van der Waals surface area contributed by atoms with Gasteiger partial charge in [-0.15, -0.1) is 0 Å². The van der Waals surface area contributed by atoms with Crippen molar-refractivity contribution in [3.05, 3.63) is 18.5 Å². The van der Waals surface area contributed by atoms with E-state index in [1.807, 2.05) is 19.2 Å². The van der Waals surface area contributed by atoms with Gasteiger partial charge in [-0.25, -0.2) is 0 Å². The van der Waals surface area contributed by atoms with E-state index in [9.17, 15) is 9.59 Å². The lowest BCUT2D eigenvalue weighted by Gasteiger charge is -2.19. The second-order valence-electron chi connectivity index (χ2n) is 4.55. The molecule has 0 saturated heterocycles. The average molecular weight is 253 g/mol. The molecule has 0 radical (unpaired) electrons. The number of amides is 1. The van der Waals surface area contributed by atoms with Gasteiger partial charge in [0.1, 0.15) is 0 Å². The molecule has 0 spiro atoms. The van der Waals surface area contributed by atoms with Crippen LogP contribution in [0.2, 0.25) is 0 Å². The van der Waals surface area contributed by atoms with Crippen molar-refractivity contribution in [3.63, 3.8) is 0 Å². The molecule has 18 heavy (non-hydrogen) atoms. The highest BCUT2D eigenvalue weighted by Gasteiger charge is 2.26. The predicted molar refractivity (Wildman–Crippen MR) is 65.8 cm³/mol. The minimum absolute atomic E-state index is 0.0964. The summed E-state index contributed by atoms with van der Waals surface area (Å²) < 4.78 is 1.72. The lowest BCUT2D eigenvalue weighted by molar-refractivity contribution is -0.146. The largest absolute Gasteiger partial charge is 0.481 e. The molecule has 0 aliphatic carbocycles. The normalized spacial score (nSPS) is 15.7. The highest BCUT2D eigenvalue weighted by molar-refractivity contribution is 5.84. The molecule has 0 aliphatic heterocycles. The average Bonchev–Trinajstić information content (AvgIpc) is 2.79. The molecule has 1 amide bonds. The summed E-state index contributed by atoms with van der Waals surface area (Å²) in [5.41, 5.74) is 0. The molecule has 100 valence electrons. The van der Waals surface area contributed by atoms with Crippen LogP contribution in [0.4, 0.5) is 0 Å². The number of hydrogen-bond donors (Lipinski definition) is 2. The Hall–Kier alpha value is -1.85. The van der Waals surface area contributed by atoms with Crippen LogP contribution in [0.1, 0.15) is 20.8 Å². The number of nitrogens with zero attached hydrogens (tertiary/aromatic N) is 2. The number of carboxylic acid groups (broad SMARTS) is 1. The van der Waals surface area contributed by atoms with E-state index >= 15 is 0 Å². The van der Waals surface area contributed by atoms with Gasteiger partial charge < -0.3 is 10.4 Å². The number of hydrogen-bond acceptors (Lipinski definition) is 3. The van der Waals surface area contributed by atoms with Gasteiger partial charge in [-0.2, -0.15) is 5.10 Å². The van der Waals surface area contributed by atoms with Crippen LogP contribution in [0.15, 0.2) is 18.5 Å². The number of carbonyl (C=O) groups excluding carboxylic acids is 1. The van der Waals surface area contributed by atoms with E-state index in [1.54, 1.807) is 17.8 Å². The Bertz CT molecular complexity index is 403. The van der Waals surface area contributed by atoms with Crippen molar-refractivity contribution in [1.29, 1.82) is 0 Å². The van der Waals surface area contributed by atoms with Crippen molar-refractivity contribution in [2.75, 3.05) is 0 Å². The highest BCUT2D eigenvalue weighted by Crippen LogP contribution is 2.11. The highest BCUT2D eigenvalue weighted by atomic mass is 16.4. The van der Waals surface area contributed by atoms with Crippen molar-refractivity contribution < 1.29 is 14.7 Å². The predicted octanol–water partition coefficient (Wildman–Crippen LogP) is 0.745. The molecule has 3 atom stereocenters. The van der Waals surface area contributed by atoms with E-state index in [-0.39, 0.29) is 11.9 Å². The molecule has 6 nitrogen and oxygen atoms in total. The first-order valence-electron chi connectivity index (χ1n) is 5.92. The molecule has 1 aromatic heterocycles. The van der Waals surface area contributed by atoms with Gasteiger partial charge in [0.05, 0.1) is 12.5 Å². The zero-order chi connectivity index (χ0) is 13.7. The molecule has 2 N–H and O–H groups in total. The number of rotatable bonds is 6. The van der Waals surface area contributed by atoms with Crippen LogP contribution < -0.4 is 5.32 Å². The van der Waals surface area contributed by atoms with Crippen LogP contribution in [-0.2, 0) is 16.1 Å². The van der Waals surface area contributed by atoms with Crippen molar-refractivity contribution in [2.45, 2.75) is 33.4 Å². The monoisotopic (exact) mass is 253 g/mol. The van der Waals surface area contributed by atoms with Crippen LogP contribution in [0.5, 0.6) is 0 Å². The van der Waals surface area contributed by atoms with E-state index in [0.717, 1.165) is 0 Å². The van der Waals surface area contributed by atoms with E-state index < -0.39 is 17.8 Å². The summed E-state index contributed by atoms with van der Waals surface area (Å²) in [6, 6.07) is 1.71. The van der Waals surface area contributed by atoms with Gasteiger partial charge in [0.2, 0.25) is 5.91 Å². The fraction of sp³-hybridized carbons (Fsp3) is 0.583. The molecule has 0 aromatic carbocycles. The lowest BCUT2D eigenvalue weighted by atomic mass is 9.95. The molecule has 1 heterocycles. The molecular formula is C12H19N3O3. The summed E-state index contributed by atoms with van der Waals surface area (Å²) in [7, 11) is 0. The number of aromatic nitrogens is 2. The third-order valence-corrected chi connectivity index (χ3v) is 2.96. The Morgan fingerprint density at radius 1 is 1.33 bits per heavy atom. The zero-order valence-corrected chi connectivity index (χ0v) is 10.8. The second kappa shape index (κ2) is 6.18. The molecule has 3 unspecified atom stereocenters. The number of carboxylic acids is 1. The Morgan fingerprint density at radius 2 is 2.00 bits per heavy atom. The smallest absolute Gasteiger partial charge is 0.307 e. The molecule has 1 aromatic rings. The van der Waals surface area contributed by atoms with Gasteiger partial charge in [-0.05, 0) is 13.0 Å². The standard InChI is InChI=1S/C12H19N3O3/c1-8(7-15-6-4-5-13-15)14-11(16)9(2)10(3)12(17)18/h4-6,8-10H,7H2,1-3H3,(H,14,16)(H,17,18). The molecule has 0 bridgehead atoms. The van der Waals surface area contributed by atoms with Gasteiger partial charge in [-0.3, -0.25) is 14.3 Å². The van der Waals surface area contributed by atoms with E-state index in [0.29, 0.717) is 6.54 Å². The van der Waals surface area contributed by atoms with E-state index in [1.165, 1.54) is 6.92 Å². The fourth-order valence-electron chi connectivity index (χ4n) is 1.55. The fourth-order valence-corrected chi connectivity index (χ4v) is 1.55. The minimum Gasteiger partial charge on any atom is -0.481 e. The van der Waals surface area contributed by atoms with Crippen LogP contribution in [-0.4, -0.2) is 32.8 Å². The van der Waals surface area contributed by atoms with Crippen molar-refractivity contribution in [2.24, 2.45) is 11.8 Å². The van der Waals surface area contributed by atoms with Gasteiger partial charge >= 0.3 is 5.97 Å². The van der Waals surface area contributed by atoms with E-state index in [4.69, 9.17) is 5.11 Å². The number of nitrogens with one attached hydrogen (secondary N) is 1. The summed E-state index contributed by atoms with van der Waals surface area (Å²) in [6.45, 7) is 5.57. The maximum Gasteiger partial charge on any atom is 0.307 e.